The van der Waals surface area contributed by atoms with E-state index in [1.807, 2.05) is 19.9 Å². The van der Waals surface area contributed by atoms with Crippen LogP contribution in [0.2, 0.25) is 0 Å². The summed E-state index contributed by atoms with van der Waals surface area (Å²) >= 11 is 0. The number of ketones is 2. The number of aliphatic hydroxyl groups is 1. The highest BCUT2D eigenvalue weighted by molar-refractivity contribution is 6.06. The van der Waals surface area contributed by atoms with Gasteiger partial charge in [0.15, 0.2) is 46.4 Å². The lowest BCUT2D eigenvalue weighted by Gasteiger charge is -2.64. The molecule has 6 aliphatic rings. The maximum atomic E-state index is 14.3. The summed E-state index contributed by atoms with van der Waals surface area (Å²) in [5.74, 6) is -6.27. The number of furan rings is 1. The molecule has 3 aromatic carbocycles. The highest BCUT2D eigenvalue weighted by Gasteiger charge is 2.89. The Hall–Kier alpha value is -7.14. The molecule has 17 heteroatoms. The number of aliphatic hydroxyl groups excluding tert-OH is 1. The monoisotopic (exact) mass is 922 g/mol. The van der Waals surface area contributed by atoms with Crippen molar-refractivity contribution in [3.8, 4) is 46.0 Å². The minimum atomic E-state index is -1.17. The van der Waals surface area contributed by atoms with Gasteiger partial charge in [-0.1, -0.05) is 26.0 Å². The van der Waals surface area contributed by atoms with Crippen LogP contribution >= 0.6 is 0 Å². The second-order valence-corrected chi connectivity index (χ2v) is 19.5. The topological polar surface area (TPSA) is 283 Å². The predicted molar refractivity (Wildman–Crippen MR) is 231 cm³/mol. The quantitative estimate of drug-likeness (QED) is 0.0570. The van der Waals surface area contributed by atoms with E-state index in [4.69, 9.17) is 23.4 Å². The van der Waals surface area contributed by atoms with Crippen LogP contribution in [-0.4, -0.2) is 88.3 Å². The van der Waals surface area contributed by atoms with E-state index in [1.165, 1.54) is 31.2 Å². The summed E-state index contributed by atoms with van der Waals surface area (Å²) in [7, 11) is 0. The lowest BCUT2D eigenvalue weighted by Crippen LogP contribution is -2.70. The number of epoxide rings is 1. The highest BCUT2D eigenvalue weighted by atomic mass is 16.6. The molecule has 2 saturated carbocycles. The third-order valence-electron chi connectivity index (χ3n) is 15.4. The number of carbonyl (C=O) groups excluding carboxylic acids is 4. The first kappa shape index (κ1) is 45.0. The Kier molecular flexibility index (Phi) is 10.0. The molecule has 1 spiro atoms. The first-order chi connectivity index (χ1) is 31.4. The van der Waals surface area contributed by atoms with Crippen LogP contribution in [0, 0.1) is 27.6 Å². The van der Waals surface area contributed by atoms with Gasteiger partial charge in [-0.05, 0) is 87.1 Å². The Morgan fingerprint density at radius 2 is 1.48 bits per heavy atom. The fourth-order valence-electron chi connectivity index (χ4n) is 12.7. The third kappa shape index (κ3) is 6.37. The number of allylic oxidation sites excluding steroid dienone is 4. The molecule has 1 saturated heterocycles. The zero-order valence-electron chi connectivity index (χ0n) is 37.3. The van der Waals surface area contributed by atoms with Gasteiger partial charge in [0, 0.05) is 53.4 Å². The van der Waals surface area contributed by atoms with E-state index in [1.54, 1.807) is 38.5 Å². The molecule has 1 aromatic heterocycles. The lowest BCUT2D eigenvalue weighted by atomic mass is 9.38. The van der Waals surface area contributed by atoms with Crippen molar-refractivity contribution in [2.45, 2.75) is 96.7 Å². The number of phenolic OH excluding ortho intramolecular Hbond substituents is 7. The second kappa shape index (κ2) is 14.9. The Labute approximate surface area is 383 Å². The van der Waals surface area contributed by atoms with Gasteiger partial charge in [0.25, 0.3) is 0 Å². The van der Waals surface area contributed by atoms with Gasteiger partial charge >= 0.3 is 11.9 Å². The van der Waals surface area contributed by atoms with Crippen LogP contribution < -0.4 is 4.74 Å². The van der Waals surface area contributed by atoms with Crippen molar-refractivity contribution in [1.29, 1.82) is 0 Å². The molecule has 10 atom stereocenters. The first-order valence-electron chi connectivity index (χ1n) is 21.7. The Balaban J connectivity index is 0.000000169. The number of rotatable bonds is 5. The van der Waals surface area contributed by atoms with Crippen molar-refractivity contribution in [2.24, 2.45) is 27.6 Å². The average Bonchev–Trinajstić information content (AvgIpc) is 3.62. The molecule has 3 fully saturated rings. The molecule has 67 heavy (non-hydrogen) atoms. The van der Waals surface area contributed by atoms with Gasteiger partial charge < -0.3 is 64.2 Å². The Morgan fingerprint density at radius 3 is 2.12 bits per heavy atom. The van der Waals surface area contributed by atoms with Gasteiger partial charge in [0.2, 0.25) is 5.78 Å². The maximum Gasteiger partial charge on any atom is 0.338 e. The average molecular weight is 923 g/mol. The molecule has 3 heterocycles. The summed E-state index contributed by atoms with van der Waals surface area (Å²) in [5.41, 5.74) is -2.73. The van der Waals surface area contributed by atoms with Crippen molar-refractivity contribution in [3.05, 3.63) is 107 Å². The van der Waals surface area contributed by atoms with E-state index < -0.39 is 92.2 Å². The predicted octanol–water partition coefficient (Wildman–Crippen LogP) is 6.96. The summed E-state index contributed by atoms with van der Waals surface area (Å²) < 4.78 is 29.3. The number of carbonyl (C=O) groups is 4. The van der Waals surface area contributed by atoms with Crippen molar-refractivity contribution >= 4 is 23.5 Å². The SMILES string of the molecule is CC(=O)OC1CC2(C)C(c3ccoc3)CC3OC32C2(C)C(=O)C(O)=C3C(C)(C)C(=O)C=CC3(C)C12.O=C(OC1Cc2c(O)cc(O)cc2OC1c1ccc(O)c(O)c1)c1cc(O)c(O)c(O)c1. The summed E-state index contributed by atoms with van der Waals surface area (Å²) in [5, 5.41) is 79.8. The van der Waals surface area contributed by atoms with Crippen LogP contribution in [0.1, 0.15) is 93.5 Å². The van der Waals surface area contributed by atoms with Crippen molar-refractivity contribution in [1.82, 2.24) is 0 Å². The molecule has 2 aliphatic heterocycles. The molecular formula is C50H50O17. The van der Waals surface area contributed by atoms with Crippen LogP contribution in [0.3, 0.4) is 0 Å². The smallest absolute Gasteiger partial charge is 0.338 e. The number of hydrogen-bond donors (Lipinski definition) is 8. The van der Waals surface area contributed by atoms with Gasteiger partial charge in [0.1, 0.15) is 35.1 Å². The molecule has 10 rings (SSSR count). The minimum absolute atomic E-state index is 0.0453. The molecule has 0 amide bonds. The number of Topliss-reactive ketones (excluding diaryl/α,β-unsaturated/α-hetero) is 1. The van der Waals surface area contributed by atoms with Crippen LogP contribution in [0.15, 0.2) is 89.0 Å². The van der Waals surface area contributed by atoms with E-state index in [-0.39, 0.29) is 64.1 Å². The molecular weight excluding hydrogens is 873 g/mol. The minimum Gasteiger partial charge on any atom is -0.508 e. The normalized spacial score (nSPS) is 32.8. The Morgan fingerprint density at radius 1 is 0.776 bits per heavy atom. The van der Waals surface area contributed by atoms with Crippen molar-refractivity contribution < 1.29 is 83.4 Å². The van der Waals surface area contributed by atoms with E-state index >= 15 is 0 Å². The molecule has 17 nitrogen and oxygen atoms in total. The lowest BCUT2D eigenvalue weighted by molar-refractivity contribution is -0.200. The van der Waals surface area contributed by atoms with Gasteiger partial charge in [-0.2, -0.15) is 0 Å². The van der Waals surface area contributed by atoms with Crippen molar-refractivity contribution in [3.63, 3.8) is 0 Å². The summed E-state index contributed by atoms with van der Waals surface area (Å²) in [6.45, 7) is 10.8. The van der Waals surface area contributed by atoms with Gasteiger partial charge in [-0.25, -0.2) is 4.79 Å². The Bertz CT molecular complexity index is 2820. The second-order valence-electron chi connectivity index (χ2n) is 19.5. The molecule has 10 unspecified atom stereocenters. The molecule has 4 aliphatic carbocycles. The van der Waals surface area contributed by atoms with Gasteiger partial charge in [-0.15, -0.1) is 0 Å². The van der Waals surface area contributed by atoms with Gasteiger partial charge in [-0.3, -0.25) is 14.4 Å². The fourth-order valence-corrected chi connectivity index (χ4v) is 12.7. The van der Waals surface area contributed by atoms with E-state index in [0.717, 1.165) is 23.8 Å². The summed E-state index contributed by atoms with van der Waals surface area (Å²) in [6, 6.07) is 10.0. The largest absolute Gasteiger partial charge is 0.508 e. The number of ether oxygens (including phenoxy) is 4. The molecule has 8 N–H and O–H groups in total. The maximum absolute atomic E-state index is 14.3. The van der Waals surface area contributed by atoms with Crippen LogP contribution in [0.4, 0.5) is 0 Å². The number of benzene rings is 3. The molecule has 0 bridgehead atoms. The molecule has 352 valence electrons. The summed E-state index contributed by atoms with van der Waals surface area (Å²) in [4.78, 5) is 52.3. The fraction of sp³-hybridized carbons (Fsp3) is 0.400. The number of phenols is 7. The third-order valence-corrected chi connectivity index (χ3v) is 15.4. The molecule has 0 radical (unpaired) electrons. The first-order valence-corrected chi connectivity index (χ1v) is 21.7. The van der Waals surface area contributed by atoms with Crippen LogP contribution in [-0.2, 0) is 35.0 Å². The number of aromatic hydroxyl groups is 7. The van der Waals surface area contributed by atoms with Crippen LogP contribution in [0.25, 0.3) is 0 Å². The van der Waals surface area contributed by atoms with E-state index in [2.05, 4.69) is 6.92 Å². The van der Waals surface area contributed by atoms with Crippen LogP contribution in [0.5, 0.6) is 46.0 Å². The van der Waals surface area contributed by atoms with E-state index in [0.29, 0.717) is 24.0 Å². The number of fused-ring (bicyclic) bond motifs is 4. The zero-order valence-corrected chi connectivity index (χ0v) is 37.3. The number of esters is 2. The molecule has 4 aromatic rings. The van der Waals surface area contributed by atoms with Gasteiger partial charge in [0.05, 0.1) is 35.0 Å². The van der Waals surface area contributed by atoms with Crippen molar-refractivity contribution in [2.75, 3.05) is 0 Å². The number of hydrogen-bond acceptors (Lipinski definition) is 17. The zero-order chi connectivity index (χ0) is 48.5. The van der Waals surface area contributed by atoms with E-state index in [9.17, 15) is 60.0 Å². The standard InChI is InChI=1S/C28H32O7.C22H18O10/c1-14(29)34-17-12-26(5)16(15-8-10-33-13-15)11-19-28(26,35-19)27(6)21(17)25(4)9-7-18(30)24(2,3)22(25)20(31)23(27)32;23-11-6-14(25)12-8-19(32-22(30)10-4-16(27)20(29)17(28)5-10)21(31-18(12)7-11)9-1-2-13(24)15(26)3-9/h7-10,13,16-17,19,21,31H,11-12H2,1-6H3;1-7,19,21,23-29H,8H2. The summed E-state index contributed by atoms with van der Waals surface area (Å²) in [6.07, 6.45) is 5.05. The highest BCUT2D eigenvalue weighted by Crippen LogP contribution is 2.81.